The predicted molar refractivity (Wildman–Crippen MR) is 53.9 cm³/mol. The van der Waals surface area contributed by atoms with E-state index in [0.29, 0.717) is 0 Å². The lowest BCUT2D eigenvalue weighted by Gasteiger charge is -2.10. The first-order chi connectivity index (χ1) is 7.89. The van der Waals surface area contributed by atoms with Crippen LogP contribution in [0.4, 0.5) is 13.2 Å². The van der Waals surface area contributed by atoms with Crippen LogP contribution in [-0.2, 0) is 6.18 Å². The molecule has 0 spiro atoms. The molecule has 1 heterocycles. The highest BCUT2D eigenvalue weighted by Gasteiger charge is 2.37. The van der Waals surface area contributed by atoms with Crippen LogP contribution in [-0.4, -0.2) is 15.6 Å². The van der Waals surface area contributed by atoms with Crippen LogP contribution in [0.2, 0.25) is 0 Å². The number of hydrogen-bond donors (Lipinski definition) is 1. The molecule has 1 aliphatic carbocycles. The van der Waals surface area contributed by atoms with Gasteiger partial charge in [0.15, 0.2) is 0 Å². The normalized spacial score (nSPS) is 17.6. The summed E-state index contributed by atoms with van der Waals surface area (Å²) in [5.74, 6) is -1.53. The molecule has 0 amide bonds. The number of rotatable bonds is 2. The molecule has 94 valence electrons. The fourth-order valence-corrected chi connectivity index (χ4v) is 2.28. The zero-order valence-corrected chi connectivity index (χ0v) is 9.00. The van der Waals surface area contributed by atoms with Gasteiger partial charge in [0.2, 0.25) is 0 Å². The van der Waals surface area contributed by atoms with Crippen molar-refractivity contribution in [1.82, 2.24) is 4.57 Å². The topological polar surface area (TPSA) is 42.2 Å². The Morgan fingerprint density at radius 3 is 2.29 bits per heavy atom. The molecule has 0 saturated heterocycles. The summed E-state index contributed by atoms with van der Waals surface area (Å²) in [5, 5.41) is 8.77. The molecule has 1 aliphatic rings. The van der Waals surface area contributed by atoms with Crippen LogP contribution in [0.1, 0.15) is 47.6 Å². The fraction of sp³-hybridized carbons (Fsp3) is 0.545. The molecule has 1 aromatic heterocycles. The number of hydrogen-bond acceptors (Lipinski definition) is 1. The molecular weight excluding hydrogens is 235 g/mol. The molecule has 3 nitrogen and oxygen atoms in total. The number of alkyl halides is 3. The molecule has 0 radical (unpaired) electrons. The van der Waals surface area contributed by atoms with E-state index in [1.54, 1.807) is 0 Å². The minimum absolute atomic E-state index is 0.00389. The van der Waals surface area contributed by atoms with Crippen molar-refractivity contribution in [1.29, 1.82) is 0 Å². The average molecular weight is 247 g/mol. The van der Waals surface area contributed by atoms with Crippen molar-refractivity contribution in [2.45, 2.75) is 37.9 Å². The van der Waals surface area contributed by atoms with Crippen molar-refractivity contribution in [3.05, 3.63) is 23.5 Å². The molecular formula is C11H12F3NO2. The summed E-state index contributed by atoms with van der Waals surface area (Å²) in [5.41, 5.74) is -1.72. The predicted octanol–water partition coefficient (Wildman–Crippen LogP) is 3.32. The lowest BCUT2D eigenvalue weighted by molar-refractivity contribution is -0.138. The van der Waals surface area contributed by atoms with E-state index in [0.717, 1.165) is 38.1 Å². The summed E-state index contributed by atoms with van der Waals surface area (Å²) in [6, 6.07) is 0.00389. The van der Waals surface area contributed by atoms with Crippen molar-refractivity contribution in [3.8, 4) is 0 Å². The molecule has 0 atom stereocenters. The van der Waals surface area contributed by atoms with Crippen LogP contribution in [0.3, 0.4) is 0 Å². The van der Waals surface area contributed by atoms with Crippen molar-refractivity contribution >= 4 is 5.97 Å². The number of aromatic nitrogens is 1. The standard InChI is InChI=1S/C11H12F3NO2/c12-11(13,14)9-6-15(5-8(9)10(16)17)7-3-1-2-4-7/h5-7H,1-4H2,(H,16,17). The Hall–Kier alpha value is -1.46. The molecule has 0 bridgehead atoms. The van der Waals surface area contributed by atoms with Crippen LogP contribution >= 0.6 is 0 Å². The van der Waals surface area contributed by atoms with Gasteiger partial charge < -0.3 is 9.67 Å². The van der Waals surface area contributed by atoms with Crippen molar-refractivity contribution < 1.29 is 23.1 Å². The van der Waals surface area contributed by atoms with E-state index in [4.69, 9.17) is 5.11 Å². The maximum absolute atomic E-state index is 12.6. The van der Waals surface area contributed by atoms with Gasteiger partial charge in [0, 0.05) is 18.4 Å². The Labute approximate surface area is 95.9 Å². The zero-order valence-electron chi connectivity index (χ0n) is 9.00. The van der Waals surface area contributed by atoms with Gasteiger partial charge in [-0.25, -0.2) is 4.79 Å². The quantitative estimate of drug-likeness (QED) is 0.871. The highest BCUT2D eigenvalue weighted by atomic mass is 19.4. The average Bonchev–Trinajstić information content (AvgIpc) is 2.85. The minimum Gasteiger partial charge on any atom is -0.478 e. The van der Waals surface area contributed by atoms with Gasteiger partial charge in [-0.3, -0.25) is 0 Å². The number of aromatic carboxylic acids is 1. The molecule has 1 fully saturated rings. The second kappa shape index (κ2) is 4.09. The largest absolute Gasteiger partial charge is 0.478 e. The maximum atomic E-state index is 12.6. The van der Waals surface area contributed by atoms with Gasteiger partial charge in [-0.15, -0.1) is 0 Å². The number of halogens is 3. The highest BCUT2D eigenvalue weighted by molar-refractivity contribution is 5.89. The lowest BCUT2D eigenvalue weighted by Crippen LogP contribution is -2.09. The van der Waals surface area contributed by atoms with E-state index < -0.39 is 23.3 Å². The molecule has 6 heteroatoms. The monoisotopic (exact) mass is 247 g/mol. The van der Waals surface area contributed by atoms with E-state index in [1.165, 1.54) is 4.57 Å². The number of nitrogens with zero attached hydrogens (tertiary/aromatic N) is 1. The summed E-state index contributed by atoms with van der Waals surface area (Å²) >= 11 is 0. The van der Waals surface area contributed by atoms with Crippen molar-refractivity contribution in [3.63, 3.8) is 0 Å². The highest BCUT2D eigenvalue weighted by Crippen LogP contribution is 2.36. The third-order valence-corrected chi connectivity index (χ3v) is 3.13. The van der Waals surface area contributed by atoms with Gasteiger partial charge in [-0.1, -0.05) is 12.8 Å². The molecule has 1 N–H and O–H groups in total. The number of carbonyl (C=O) groups is 1. The summed E-state index contributed by atoms with van der Waals surface area (Å²) in [4.78, 5) is 10.8. The molecule has 1 aromatic rings. The third kappa shape index (κ3) is 2.30. The van der Waals surface area contributed by atoms with E-state index in [9.17, 15) is 18.0 Å². The molecule has 0 aromatic carbocycles. The smallest absolute Gasteiger partial charge is 0.418 e. The Morgan fingerprint density at radius 2 is 1.88 bits per heavy atom. The van der Waals surface area contributed by atoms with Gasteiger partial charge in [0.1, 0.15) is 0 Å². The lowest BCUT2D eigenvalue weighted by atomic mass is 10.2. The van der Waals surface area contributed by atoms with Crippen LogP contribution in [0.15, 0.2) is 12.4 Å². The number of carboxylic acid groups (broad SMARTS) is 1. The van der Waals surface area contributed by atoms with Crippen LogP contribution in [0.5, 0.6) is 0 Å². The zero-order chi connectivity index (χ0) is 12.6. The van der Waals surface area contributed by atoms with Crippen molar-refractivity contribution in [2.24, 2.45) is 0 Å². The second-order valence-corrected chi connectivity index (χ2v) is 4.27. The van der Waals surface area contributed by atoms with Gasteiger partial charge in [-0.05, 0) is 12.8 Å². The van der Waals surface area contributed by atoms with E-state index >= 15 is 0 Å². The Kier molecular flexibility index (Phi) is 2.89. The Morgan fingerprint density at radius 1 is 1.29 bits per heavy atom. The van der Waals surface area contributed by atoms with E-state index in [-0.39, 0.29) is 6.04 Å². The van der Waals surface area contributed by atoms with Gasteiger partial charge in [-0.2, -0.15) is 13.2 Å². The van der Waals surface area contributed by atoms with E-state index in [1.807, 2.05) is 0 Å². The third-order valence-electron chi connectivity index (χ3n) is 3.13. The molecule has 1 saturated carbocycles. The van der Waals surface area contributed by atoms with Gasteiger partial charge in [0.05, 0.1) is 11.1 Å². The van der Waals surface area contributed by atoms with Gasteiger partial charge in [0.25, 0.3) is 0 Å². The Bertz CT molecular complexity index is 430. The molecule has 17 heavy (non-hydrogen) atoms. The molecule has 0 aliphatic heterocycles. The van der Waals surface area contributed by atoms with Crippen LogP contribution < -0.4 is 0 Å². The first-order valence-corrected chi connectivity index (χ1v) is 5.41. The van der Waals surface area contributed by atoms with Crippen LogP contribution in [0.25, 0.3) is 0 Å². The van der Waals surface area contributed by atoms with E-state index in [2.05, 4.69) is 0 Å². The second-order valence-electron chi connectivity index (χ2n) is 4.27. The molecule has 0 unspecified atom stereocenters. The summed E-state index contributed by atoms with van der Waals surface area (Å²) in [6.45, 7) is 0. The van der Waals surface area contributed by atoms with Crippen LogP contribution in [0, 0.1) is 0 Å². The first kappa shape index (κ1) is 12.0. The SMILES string of the molecule is O=C(O)c1cn(C2CCCC2)cc1C(F)(F)F. The minimum atomic E-state index is -4.61. The maximum Gasteiger partial charge on any atom is 0.418 e. The molecule has 2 rings (SSSR count). The fourth-order valence-electron chi connectivity index (χ4n) is 2.28. The van der Waals surface area contributed by atoms with Gasteiger partial charge >= 0.3 is 12.1 Å². The summed E-state index contributed by atoms with van der Waals surface area (Å²) in [7, 11) is 0. The van der Waals surface area contributed by atoms with Crippen molar-refractivity contribution in [2.75, 3.05) is 0 Å². The first-order valence-electron chi connectivity index (χ1n) is 5.41. The summed E-state index contributed by atoms with van der Waals surface area (Å²) < 4.78 is 39.3. The number of carboxylic acids is 1. The summed E-state index contributed by atoms with van der Waals surface area (Å²) in [6.07, 6.45) is 0.980. The Balaban J connectivity index is 2.40.